The molecular weight excluding hydrogens is 366 g/mol. The zero-order chi connectivity index (χ0) is 20.2. The number of amides is 2. The van der Waals surface area contributed by atoms with Gasteiger partial charge >= 0.3 is 0 Å². The van der Waals surface area contributed by atoms with Gasteiger partial charge in [-0.2, -0.15) is 5.10 Å². The summed E-state index contributed by atoms with van der Waals surface area (Å²) in [6.07, 6.45) is 5.96. The Hall–Kier alpha value is -3.48. The molecular formula is C22H23N5O2. The largest absolute Gasteiger partial charge is 0.341 e. The molecule has 3 aromatic rings. The van der Waals surface area contributed by atoms with Gasteiger partial charge in [-0.05, 0) is 30.7 Å². The number of carbonyl (C=O) groups is 2. The van der Waals surface area contributed by atoms with Gasteiger partial charge in [-0.25, -0.2) is 4.68 Å². The average Bonchev–Trinajstić information content (AvgIpc) is 3.05. The molecule has 1 aromatic carbocycles. The van der Waals surface area contributed by atoms with Gasteiger partial charge in [-0.1, -0.05) is 18.2 Å². The predicted molar refractivity (Wildman–Crippen MR) is 110 cm³/mol. The summed E-state index contributed by atoms with van der Waals surface area (Å²) in [7, 11) is 0. The molecule has 2 aromatic heterocycles. The van der Waals surface area contributed by atoms with Crippen LogP contribution in [-0.2, 0) is 4.79 Å². The second-order valence-corrected chi connectivity index (χ2v) is 7.07. The van der Waals surface area contributed by atoms with Crippen molar-refractivity contribution in [3.63, 3.8) is 0 Å². The van der Waals surface area contributed by atoms with E-state index in [1.54, 1.807) is 35.1 Å². The number of pyridine rings is 1. The van der Waals surface area contributed by atoms with Gasteiger partial charge in [0.2, 0.25) is 5.91 Å². The molecule has 0 spiro atoms. The van der Waals surface area contributed by atoms with E-state index in [-0.39, 0.29) is 11.8 Å². The van der Waals surface area contributed by atoms with E-state index in [2.05, 4.69) is 4.98 Å². The van der Waals surface area contributed by atoms with Gasteiger partial charge in [0.1, 0.15) is 5.69 Å². The number of benzene rings is 1. The van der Waals surface area contributed by atoms with Crippen molar-refractivity contribution in [2.75, 3.05) is 26.2 Å². The quantitative estimate of drug-likeness (QED) is 0.690. The standard InChI is InChI=1S/C22H23N5O2/c1-17(28)25-11-6-12-26(14-13-25)22(29)20-16-27(19-8-3-2-4-9-19)24-21(20)18-7-5-10-23-15-18/h2-5,7-10,15-16H,6,11-14H2,1H3. The van der Waals surface area contributed by atoms with Crippen molar-refractivity contribution in [2.45, 2.75) is 13.3 Å². The zero-order valence-corrected chi connectivity index (χ0v) is 16.4. The molecule has 1 saturated heterocycles. The van der Waals surface area contributed by atoms with Gasteiger partial charge in [0.15, 0.2) is 0 Å². The summed E-state index contributed by atoms with van der Waals surface area (Å²) in [6, 6.07) is 13.5. The molecule has 0 aliphatic carbocycles. The van der Waals surface area contributed by atoms with Gasteiger partial charge in [-0.15, -0.1) is 0 Å². The van der Waals surface area contributed by atoms with E-state index in [1.807, 2.05) is 47.4 Å². The van der Waals surface area contributed by atoms with Gasteiger partial charge in [0, 0.05) is 57.3 Å². The molecule has 7 heteroatoms. The minimum atomic E-state index is -0.0727. The highest BCUT2D eigenvalue weighted by Crippen LogP contribution is 2.25. The summed E-state index contributed by atoms with van der Waals surface area (Å²) < 4.78 is 1.73. The molecule has 1 aliphatic rings. The van der Waals surface area contributed by atoms with Gasteiger partial charge in [0.05, 0.1) is 11.3 Å². The van der Waals surface area contributed by atoms with Crippen molar-refractivity contribution in [1.82, 2.24) is 24.6 Å². The normalized spacial score (nSPS) is 14.5. The van der Waals surface area contributed by atoms with Crippen LogP contribution in [0.25, 0.3) is 16.9 Å². The summed E-state index contributed by atoms with van der Waals surface area (Å²) in [6.45, 7) is 3.93. The van der Waals surface area contributed by atoms with Crippen LogP contribution in [0, 0.1) is 0 Å². The number of nitrogens with zero attached hydrogens (tertiary/aromatic N) is 5. The van der Waals surface area contributed by atoms with Crippen molar-refractivity contribution in [3.05, 3.63) is 66.6 Å². The maximum atomic E-state index is 13.4. The lowest BCUT2D eigenvalue weighted by atomic mass is 10.1. The topological polar surface area (TPSA) is 71.3 Å². The highest BCUT2D eigenvalue weighted by Gasteiger charge is 2.26. The fraction of sp³-hybridized carbons (Fsp3) is 0.273. The third kappa shape index (κ3) is 4.03. The van der Waals surface area contributed by atoms with Crippen LogP contribution in [0.5, 0.6) is 0 Å². The maximum absolute atomic E-state index is 13.4. The smallest absolute Gasteiger partial charge is 0.257 e. The van der Waals surface area contributed by atoms with Crippen LogP contribution < -0.4 is 0 Å². The number of hydrogen-bond donors (Lipinski definition) is 0. The molecule has 0 N–H and O–H groups in total. The second kappa shape index (κ2) is 8.26. The molecule has 1 aliphatic heterocycles. The molecule has 0 radical (unpaired) electrons. The third-order valence-electron chi connectivity index (χ3n) is 5.13. The van der Waals surface area contributed by atoms with E-state index < -0.39 is 0 Å². The number of carbonyl (C=O) groups excluding carboxylic acids is 2. The Morgan fingerprint density at radius 1 is 0.931 bits per heavy atom. The Morgan fingerprint density at radius 2 is 1.69 bits per heavy atom. The lowest BCUT2D eigenvalue weighted by Crippen LogP contribution is -2.36. The summed E-state index contributed by atoms with van der Waals surface area (Å²) in [5, 5.41) is 4.70. The fourth-order valence-corrected chi connectivity index (χ4v) is 3.57. The maximum Gasteiger partial charge on any atom is 0.257 e. The average molecular weight is 389 g/mol. The molecule has 2 amide bonds. The number of aromatic nitrogens is 3. The molecule has 0 atom stereocenters. The lowest BCUT2D eigenvalue weighted by molar-refractivity contribution is -0.128. The van der Waals surface area contributed by atoms with Gasteiger partial charge in [0.25, 0.3) is 5.91 Å². The van der Waals surface area contributed by atoms with Gasteiger partial charge in [-0.3, -0.25) is 14.6 Å². The first-order valence-corrected chi connectivity index (χ1v) is 9.74. The van der Waals surface area contributed by atoms with Crippen molar-refractivity contribution in [1.29, 1.82) is 0 Å². The summed E-state index contributed by atoms with van der Waals surface area (Å²) in [5.74, 6) is -0.0244. The van der Waals surface area contributed by atoms with Crippen LogP contribution in [0.1, 0.15) is 23.7 Å². The third-order valence-corrected chi connectivity index (χ3v) is 5.13. The van der Waals surface area contributed by atoms with E-state index in [4.69, 9.17) is 5.10 Å². The first kappa shape index (κ1) is 18.9. The van der Waals surface area contributed by atoms with Crippen molar-refractivity contribution in [2.24, 2.45) is 0 Å². The van der Waals surface area contributed by atoms with Crippen molar-refractivity contribution < 1.29 is 9.59 Å². The summed E-state index contributed by atoms with van der Waals surface area (Å²) in [4.78, 5) is 32.9. The second-order valence-electron chi connectivity index (χ2n) is 7.07. The van der Waals surface area contributed by atoms with Crippen LogP contribution in [0.2, 0.25) is 0 Å². The van der Waals surface area contributed by atoms with Crippen LogP contribution in [0.15, 0.2) is 61.1 Å². The van der Waals surface area contributed by atoms with Crippen LogP contribution in [-0.4, -0.2) is 62.6 Å². The minimum absolute atomic E-state index is 0.0484. The predicted octanol–water partition coefficient (Wildman–Crippen LogP) is 2.63. The number of para-hydroxylation sites is 1. The molecule has 7 nitrogen and oxygen atoms in total. The van der Waals surface area contributed by atoms with E-state index in [1.165, 1.54) is 0 Å². The van der Waals surface area contributed by atoms with Gasteiger partial charge < -0.3 is 9.80 Å². The molecule has 0 saturated carbocycles. The van der Waals surface area contributed by atoms with Crippen LogP contribution in [0.3, 0.4) is 0 Å². The van der Waals surface area contributed by atoms with E-state index in [0.717, 1.165) is 17.7 Å². The summed E-state index contributed by atoms with van der Waals surface area (Å²) >= 11 is 0. The minimum Gasteiger partial charge on any atom is -0.341 e. The van der Waals surface area contributed by atoms with E-state index in [0.29, 0.717) is 37.4 Å². The Bertz CT molecular complexity index is 1000. The number of rotatable bonds is 3. The number of hydrogen-bond acceptors (Lipinski definition) is 4. The van der Waals surface area contributed by atoms with E-state index in [9.17, 15) is 9.59 Å². The zero-order valence-electron chi connectivity index (χ0n) is 16.4. The fourth-order valence-electron chi connectivity index (χ4n) is 3.57. The first-order chi connectivity index (χ1) is 14.1. The molecule has 148 valence electrons. The summed E-state index contributed by atoms with van der Waals surface area (Å²) in [5.41, 5.74) is 2.83. The van der Waals surface area contributed by atoms with Crippen LogP contribution >= 0.6 is 0 Å². The Morgan fingerprint density at radius 3 is 2.41 bits per heavy atom. The monoisotopic (exact) mass is 389 g/mol. The highest BCUT2D eigenvalue weighted by molar-refractivity contribution is 6.00. The molecule has 0 unspecified atom stereocenters. The first-order valence-electron chi connectivity index (χ1n) is 9.74. The Labute approximate surface area is 169 Å². The Balaban J connectivity index is 1.69. The Kier molecular flexibility index (Phi) is 5.37. The highest BCUT2D eigenvalue weighted by atomic mass is 16.2. The molecule has 29 heavy (non-hydrogen) atoms. The lowest BCUT2D eigenvalue weighted by Gasteiger charge is -2.21. The molecule has 1 fully saturated rings. The molecule has 3 heterocycles. The van der Waals surface area contributed by atoms with Crippen molar-refractivity contribution >= 4 is 11.8 Å². The molecule has 4 rings (SSSR count). The van der Waals surface area contributed by atoms with Crippen molar-refractivity contribution in [3.8, 4) is 16.9 Å². The van der Waals surface area contributed by atoms with Crippen LogP contribution in [0.4, 0.5) is 0 Å². The SMILES string of the molecule is CC(=O)N1CCCN(C(=O)c2cn(-c3ccccc3)nc2-c2cccnc2)CC1. The van der Waals surface area contributed by atoms with E-state index >= 15 is 0 Å². The molecule has 0 bridgehead atoms.